The van der Waals surface area contributed by atoms with Crippen molar-refractivity contribution in [1.82, 2.24) is 0 Å². The number of rotatable bonds is 4. The van der Waals surface area contributed by atoms with Gasteiger partial charge in [0.1, 0.15) is 11.2 Å². The summed E-state index contributed by atoms with van der Waals surface area (Å²) < 4.78 is 107. The summed E-state index contributed by atoms with van der Waals surface area (Å²) in [6.07, 6.45) is 3.20. The standard InChI is InChI=1S/C58H33BN2O2S2/c1-3-12-34(13-4-1)36-22-24-50-40(26-28-62-50)57(36)60-46-18-11-19-47-56(46)59(44-30-42-38-16-7-9-20-52(38)64-54(42)32-48(44)60)45-31-43-39-17-8-10-21-53(39)65-55(43)33-49(45)61(47)58-37(35-14-5-2-6-15-35)23-25-51-41(58)27-29-63-51/h1-33H/i1D,2D,3D,4D,5D,6D,12D,13D,14D,15D. The molecule has 0 radical (unpaired) electrons. The van der Waals surface area contributed by atoms with Gasteiger partial charge in [-0.25, -0.2) is 0 Å². The zero-order valence-electron chi connectivity index (χ0n) is 43.9. The van der Waals surface area contributed by atoms with Crippen LogP contribution < -0.4 is 26.2 Å². The molecule has 9 aromatic carbocycles. The Morgan fingerprint density at radius 1 is 0.415 bits per heavy atom. The first-order valence-electron chi connectivity index (χ1n) is 26.2. The number of furan rings is 2. The van der Waals surface area contributed by atoms with E-state index in [9.17, 15) is 5.48 Å². The van der Waals surface area contributed by atoms with Gasteiger partial charge in [0.05, 0.1) is 37.6 Å². The van der Waals surface area contributed by atoms with Crippen LogP contribution in [-0.4, -0.2) is 6.71 Å². The molecular weight excluding hydrogens is 832 g/mol. The van der Waals surface area contributed by atoms with Crippen molar-refractivity contribution in [2.45, 2.75) is 0 Å². The van der Waals surface area contributed by atoms with Crippen molar-refractivity contribution in [3.8, 4) is 22.3 Å². The molecule has 0 atom stereocenters. The largest absolute Gasteiger partial charge is 0.464 e. The first kappa shape index (κ1) is 27.4. The first-order valence-corrected chi connectivity index (χ1v) is 22.8. The molecule has 65 heavy (non-hydrogen) atoms. The lowest BCUT2D eigenvalue weighted by Gasteiger charge is -2.45. The average molecular weight is 875 g/mol. The van der Waals surface area contributed by atoms with Gasteiger partial charge in [0.25, 0.3) is 6.71 Å². The molecule has 0 spiro atoms. The normalized spacial score (nSPS) is 15.3. The third-order valence-electron chi connectivity index (χ3n) is 13.2. The SMILES string of the molecule is [2H]c1c([2H])c([2H])c(-c2ccc3occc3c2N2c3cc4sc5ccccc5c4cc3B3c4cc5c(cc4N(c4c(-c6c([2H])c([2H])c([2H])c([2H])c6[2H])ccc6occc46)c4cccc2c43)sc2ccccc25)c([2H])c1[2H]. The molecule has 13 aromatic rings. The van der Waals surface area contributed by atoms with Crippen LogP contribution in [-0.2, 0) is 0 Å². The second-order valence-corrected chi connectivity index (χ2v) is 18.6. The fraction of sp³-hybridized carbons (Fsp3) is 0. The smallest absolute Gasteiger partial charge is 0.252 e. The molecule has 15 rings (SSSR count). The highest BCUT2D eigenvalue weighted by Gasteiger charge is 2.45. The molecule has 2 aliphatic rings. The molecule has 0 saturated carbocycles. The lowest BCUT2D eigenvalue weighted by Crippen LogP contribution is -2.61. The summed E-state index contributed by atoms with van der Waals surface area (Å²) in [6.45, 7) is -0.430. The molecular formula is C58H33BN2O2S2. The van der Waals surface area contributed by atoms with E-state index in [0.29, 0.717) is 44.4 Å². The van der Waals surface area contributed by atoms with E-state index < -0.39 is 43.0 Å². The van der Waals surface area contributed by atoms with Gasteiger partial charge in [-0.2, -0.15) is 0 Å². The van der Waals surface area contributed by atoms with E-state index in [1.807, 2.05) is 30.3 Å². The monoisotopic (exact) mass is 874 g/mol. The summed E-state index contributed by atoms with van der Waals surface area (Å²) in [6, 6.07) is 38.6. The summed E-state index contributed by atoms with van der Waals surface area (Å²) in [5.41, 5.74) is 9.07. The van der Waals surface area contributed by atoms with Gasteiger partial charge in [0.2, 0.25) is 0 Å². The Hall–Kier alpha value is -7.84. The summed E-state index contributed by atoms with van der Waals surface area (Å²) >= 11 is 3.38. The number of nitrogens with zero attached hydrogens (tertiary/aromatic N) is 2. The third kappa shape index (κ3) is 4.97. The highest BCUT2D eigenvalue weighted by molar-refractivity contribution is 7.26. The highest BCUT2D eigenvalue weighted by Crippen LogP contribution is 2.53. The second-order valence-electron chi connectivity index (χ2n) is 16.4. The van der Waals surface area contributed by atoms with E-state index in [4.69, 9.17) is 17.1 Å². The number of hydrogen-bond donors (Lipinski definition) is 0. The predicted molar refractivity (Wildman–Crippen MR) is 277 cm³/mol. The van der Waals surface area contributed by atoms with Crippen molar-refractivity contribution < 1.29 is 22.5 Å². The lowest BCUT2D eigenvalue weighted by molar-refractivity contribution is 0.615. The fourth-order valence-electron chi connectivity index (χ4n) is 10.6. The second kappa shape index (κ2) is 13.3. The number of benzene rings is 9. The highest BCUT2D eigenvalue weighted by atomic mass is 32.1. The van der Waals surface area contributed by atoms with Gasteiger partial charge in [0.15, 0.2) is 0 Å². The van der Waals surface area contributed by atoms with Crippen LogP contribution in [0.5, 0.6) is 0 Å². The minimum absolute atomic E-state index is 0.0455. The molecule has 4 aromatic heterocycles. The van der Waals surface area contributed by atoms with Gasteiger partial charge < -0.3 is 18.6 Å². The molecule has 0 amide bonds. The minimum atomic E-state index is -0.489. The lowest BCUT2D eigenvalue weighted by atomic mass is 9.33. The number of thiophene rings is 2. The zero-order chi connectivity index (χ0) is 51.0. The van der Waals surface area contributed by atoms with Crippen molar-refractivity contribution >= 4 is 142 Å². The fourth-order valence-corrected chi connectivity index (χ4v) is 12.8. The van der Waals surface area contributed by atoms with E-state index in [1.54, 1.807) is 59.5 Å². The van der Waals surface area contributed by atoms with Crippen LogP contribution >= 0.6 is 22.7 Å². The maximum atomic E-state index is 9.36. The van der Waals surface area contributed by atoms with Crippen LogP contribution in [0.4, 0.5) is 34.1 Å². The Balaban J connectivity index is 1.13. The first-order chi connectivity index (χ1) is 36.4. The summed E-state index contributed by atoms with van der Waals surface area (Å²) in [7, 11) is 0. The molecule has 0 N–H and O–H groups in total. The van der Waals surface area contributed by atoms with Gasteiger partial charge in [-0.05, 0) is 111 Å². The summed E-state index contributed by atoms with van der Waals surface area (Å²) in [5, 5.41) is 5.66. The molecule has 6 heterocycles. The van der Waals surface area contributed by atoms with Crippen LogP contribution in [0.2, 0.25) is 0 Å². The van der Waals surface area contributed by atoms with Crippen molar-refractivity contribution in [2.75, 3.05) is 9.80 Å². The van der Waals surface area contributed by atoms with Crippen molar-refractivity contribution in [3.05, 3.63) is 200 Å². The quantitative estimate of drug-likeness (QED) is 0.165. The number of hydrogen-bond acceptors (Lipinski definition) is 6. The Bertz CT molecular complexity index is 4390. The molecule has 302 valence electrons. The Morgan fingerprint density at radius 3 is 1.38 bits per heavy atom. The van der Waals surface area contributed by atoms with E-state index in [1.165, 1.54) is 0 Å². The van der Waals surface area contributed by atoms with E-state index >= 15 is 0 Å². The third-order valence-corrected chi connectivity index (χ3v) is 15.5. The van der Waals surface area contributed by atoms with Crippen molar-refractivity contribution in [3.63, 3.8) is 0 Å². The van der Waals surface area contributed by atoms with Gasteiger partial charge in [0, 0.05) is 74.2 Å². The molecule has 0 unspecified atom stereocenters. The molecule has 0 bridgehead atoms. The van der Waals surface area contributed by atoms with Crippen LogP contribution in [0.15, 0.2) is 209 Å². The Morgan fingerprint density at radius 2 is 0.892 bits per heavy atom. The molecule has 2 aliphatic heterocycles. The zero-order valence-corrected chi connectivity index (χ0v) is 35.5. The van der Waals surface area contributed by atoms with E-state index in [0.717, 1.165) is 79.5 Å². The molecule has 0 saturated heterocycles. The van der Waals surface area contributed by atoms with Crippen LogP contribution in [0.25, 0.3) is 84.5 Å². The number of anilines is 6. The van der Waals surface area contributed by atoms with Crippen LogP contribution in [0.3, 0.4) is 0 Å². The van der Waals surface area contributed by atoms with Crippen molar-refractivity contribution in [1.29, 1.82) is 0 Å². The maximum absolute atomic E-state index is 9.36. The molecule has 7 heteroatoms. The summed E-state index contributed by atoms with van der Waals surface area (Å²) in [4.78, 5) is 4.33. The van der Waals surface area contributed by atoms with Gasteiger partial charge in [-0.15, -0.1) is 22.7 Å². The Labute approximate surface area is 395 Å². The topological polar surface area (TPSA) is 32.8 Å². The molecule has 4 nitrogen and oxygen atoms in total. The van der Waals surface area contributed by atoms with Gasteiger partial charge >= 0.3 is 0 Å². The van der Waals surface area contributed by atoms with Crippen LogP contribution in [0.1, 0.15) is 13.7 Å². The number of fused-ring (bicyclic) bond motifs is 12. The minimum Gasteiger partial charge on any atom is -0.464 e. The molecule has 0 fully saturated rings. The Kier molecular flexibility index (Phi) is 5.62. The van der Waals surface area contributed by atoms with Crippen molar-refractivity contribution in [2.24, 2.45) is 0 Å². The van der Waals surface area contributed by atoms with Gasteiger partial charge in [-0.1, -0.05) is 115 Å². The van der Waals surface area contributed by atoms with Gasteiger partial charge in [-0.3, -0.25) is 0 Å². The summed E-state index contributed by atoms with van der Waals surface area (Å²) in [5.74, 6) is 0. The predicted octanol–water partition coefficient (Wildman–Crippen LogP) is 15.3. The maximum Gasteiger partial charge on any atom is 0.252 e. The van der Waals surface area contributed by atoms with Crippen LogP contribution in [0, 0.1) is 0 Å². The average Bonchev–Trinajstić information content (AvgIpc) is 4.31. The van der Waals surface area contributed by atoms with E-state index in [2.05, 4.69) is 82.6 Å². The van der Waals surface area contributed by atoms with E-state index in [-0.39, 0.29) is 35.3 Å². The molecule has 0 aliphatic carbocycles.